The summed E-state index contributed by atoms with van der Waals surface area (Å²) in [7, 11) is 0. The number of nitrogens with one attached hydrogen (secondary N) is 1. The van der Waals surface area contributed by atoms with Crippen LogP contribution >= 0.6 is 0 Å². The zero-order chi connectivity index (χ0) is 14.0. The molecule has 2 rings (SSSR count). The van der Waals surface area contributed by atoms with Gasteiger partial charge in [-0.15, -0.1) is 0 Å². The van der Waals surface area contributed by atoms with Crippen LogP contribution < -0.4 is 5.32 Å². The van der Waals surface area contributed by atoms with Crippen molar-refractivity contribution < 1.29 is 9.53 Å². The van der Waals surface area contributed by atoms with Gasteiger partial charge in [0, 0.05) is 6.20 Å². The molecule has 0 bridgehead atoms. The lowest BCUT2D eigenvalue weighted by Gasteiger charge is -2.19. The minimum absolute atomic E-state index is 0.340. The molecule has 102 valence electrons. The van der Waals surface area contributed by atoms with Crippen molar-refractivity contribution >= 4 is 11.6 Å². The maximum Gasteiger partial charge on any atom is 0.408 e. The van der Waals surface area contributed by atoms with E-state index in [-0.39, 0.29) is 0 Å². The van der Waals surface area contributed by atoms with Crippen LogP contribution in [0.5, 0.6) is 0 Å². The van der Waals surface area contributed by atoms with E-state index in [2.05, 4.69) is 10.3 Å². The minimum Gasteiger partial charge on any atom is -0.444 e. The standard InChI is InChI=1S/C14H19N3O2/c1-10-6-5-7-17-11(10)8-15-12(17)9-16-13(18)19-14(2,3)4/h5-8H,9H2,1-4H3,(H,16,18). The molecule has 0 radical (unpaired) electrons. The maximum absolute atomic E-state index is 11.6. The number of hydrogen-bond acceptors (Lipinski definition) is 3. The van der Waals surface area contributed by atoms with Crippen molar-refractivity contribution in [1.29, 1.82) is 0 Å². The van der Waals surface area contributed by atoms with Gasteiger partial charge in [0.05, 0.1) is 18.3 Å². The summed E-state index contributed by atoms with van der Waals surface area (Å²) in [5.41, 5.74) is 1.71. The highest BCUT2D eigenvalue weighted by Crippen LogP contribution is 2.12. The molecule has 0 spiro atoms. The summed E-state index contributed by atoms with van der Waals surface area (Å²) in [6, 6.07) is 3.99. The van der Waals surface area contributed by atoms with Crippen LogP contribution in [-0.4, -0.2) is 21.1 Å². The highest BCUT2D eigenvalue weighted by atomic mass is 16.6. The number of pyridine rings is 1. The normalized spacial score (nSPS) is 11.6. The lowest BCUT2D eigenvalue weighted by Crippen LogP contribution is -2.32. The summed E-state index contributed by atoms with van der Waals surface area (Å²) < 4.78 is 7.15. The Morgan fingerprint density at radius 3 is 2.89 bits per heavy atom. The summed E-state index contributed by atoms with van der Waals surface area (Å²) in [4.78, 5) is 15.9. The van der Waals surface area contributed by atoms with Crippen molar-refractivity contribution in [2.24, 2.45) is 0 Å². The van der Waals surface area contributed by atoms with Gasteiger partial charge in [-0.25, -0.2) is 9.78 Å². The second-order valence-corrected chi connectivity index (χ2v) is 5.48. The fourth-order valence-electron chi connectivity index (χ4n) is 1.81. The number of fused-ring (bicyclic) bond motifs is 1. The molecule has 0 aliphatic heterocycles. The molecule has 0 atom stereocenters. The Hall–Kier alpha value is -2.04. The van der Waals surface area contributed by atoms with Crippen LogP contribution in [0.2, 0.25) is 0 Å². The third-order valence-corrected chi connectivity index (χ3v) is 2.65. The summed E-state index contributed by atoms with van der Waals surface area (Å²) >= 11 is 0. The van der Waals surface area contributed by atoms with Gasteiger partial charge >= 0.3 is 6.09 Å². The molecular weight excluding hydrogens is 242 g/mol. The zero-order valence-corrected chi connectivity index (χ0v) is 11.7. The number of carbonyl (C=O) groups excluding carboxylic acids is 1. The lowest BCUT2D eigenvalue weighted by molar-refractivity contribution is 0.0522. The van der Waals surface area contributed by atoms with E-state index in [1.54, 1.807) is 6.20 Å². The molecule has 0 aliphatic rings. The number of hydrogen-bond donors (Lipinski definition) is 1. The van der Waals surface area contributed by atoms with Crippen LogP contribution in [-0.2, 0) is 11.3 Å². The highest BCUT2D eigenvalue weighted by molar-refractivity contribution is 5.67. The van der Waals surface area contributed by atoms with Gasteiger partial charge in [-0.1, -0.05) is 6.07 Å². The van der Waals surface area contributed by atoms with Crippen molar-refractivity contribution in [2.75, 3.05) is 0 Å². The van der Waals surface area contributed by atoms with E-state index in [4.69, 9.17) is 4.74 Å². The van der Waals surface area contributed by atoms with Crippen molar-refractivity contribution in [3.05, 3.63) is 35.9 Å². The van der Waals surface area contributed by atoms with Gasteiger partial charge in [0.2, 0.25) is 0 Å². The van der Waals surface area contributed by atoms with Crippen molar-refractivity contribution in [3.8, 4) is 0 Å². The van der Waals surface area contributed by atoms with E-state index in [9.17, 15) is 4.79 Å². The number of carbonyl (C=O) groups is 1. The molecule has 2 aromatic heterocycles. The van der Waals surface area contributed by atoms with Crippen LogP contribution in [0.4, 0.5) is 4.79 Å². The Balaban J connectivity index is 2.07. The fourth-order valence-corrected chi connectivity index (χ4v) is 1.81. The molecule has 0 unspecified atom stereocenters. The molecule has 2 heterocycles. The first-order chi connectivity index (χ1) is 8.87. The molecule has 0 saturated carbocycles. The number of alkyl carbamates (subject to hydrolysis) is 1. The molecule has 0 aliphatic carbocycles. The zero-order valence-electron chi connectivity index (χ0n) is 11.7. The number of aryl methyl sites for hydroxylation is 1. The van der Waals surface area contributed by atoms with Crippen LogP contribution in [0, 0.1) is 6.92 Å². The minimum atomic E-state index is -0.491. The number of nitrogens with zero attached hydrogens (tertiary/aromatic N) is 2. The average Bonchev–Trinajstić information content (AvgIpc) is 2.69. The van der Waals surface area contributed by atoms with Crippen molar-refractivity contribution in [3.63, 3.8) is 0 Å². The maximum atomic E-state index is 11.6. The number of ether oxygens (including phenoxy) is 1. The van der Waals surface area contributed by atoms with Gasteiger partial charge < -0.3 is 14.5 Å². The average molecular weight is 261 g/mol. The predicted molar refractivity (Wildman–Crippen MR) is 73.0 cm³/mol. The van der Waals surface area contributed by atoms with Crippen LogP contribution in [0.15, 0.2) is 24.5 Å². The Kier molecular flexibility index (Phi) is 3.46. The van der Waals surface area contributed by atoms with E-state index < -0.39 is 11.7 Å². The summed E-state index contributed by atoms with van der Waals surface area (Å²) in [6.07, 6.45) is 3.31. The van der Waals surface area contributed by atoms with Gasteiger partial charge in [0.15, 0.2) is 0 Å². The number of amides is 1. The molecule has 19 heavy (non-hydrogen) atoms. The van der Waals surface area contributed by atoms with Gasteiger partial charge in [-0.05, 0) is 39.3 Å². The quantitative estimate of drug-likeness (QED) is 0.904. The first-order valence-corrected chi connectivity index (χ1v) is 6.25. The highest BCUT2D eigenvalue weighted by Gasteiger charge is 2.16. The Labute approximate surface area is 112 Å². The first kappa shape index (κ1) is 13.4. The van der Waals surface area contributed by atoms with E-state index in [0.29, 0.717) is 6.54 Å². The summed E-state index contributed by atoms with van der Waals surface area (Å²) in [5, 5.41) is 2.71. The van der Waals surface area contributed by atoms with Gasteiger partial charge in [-0.2, -0.15) is 0 Å². The first-order valence-electron chi connectivity index (χ1n) is 6.25. The second kappa shape index (κ2) is 4.91. The van der Waals surface area contributed by atoms with Gasteiger partial charge in [0.1, 0.15) is 11.4 Å². The fraction of sp³-hybridized carbons (Fsp3) is 0.429. The molecule has 2 aromatic rings. The largest absolute Gasteiger partial charge is 0.444 e. The third kappa shape index (κ3) is 3.24. The molecule has 1 N–H and O–H groups in total. The molecule has 0 saturated heterocycles. The number of imidazole rings is 1. The summed E-state index contributed by atoms with van der Waals surface area (Å²) in [6.45, 7) is 7.87. The Morgan fingerprint density at radius 1 is 1.47 bits per heavy atom. The smallest absolute Gasteiger partial charge is 0.408 e. The number of aromatic nitrogens is 2. The van der Waals surface area contributed by atoms with Crippen molar-refractivity contribution in [1.82, 2.24) is 14.7 Å². The van der Waals surface area contributed by atoms with Crippen LogP contribution in [0.3, 0.4) is 0 Å². The van der Waals surface area contributed by atoms with E-state index in [0.717, 1.165) is 16.9 Å². The molecular formula is C14H19N3O2. The summed E-state index contributed by atoms with van der Waals surface area (Å²) in [5.74, 6) is 0.782. The molecule has 5 heteroatoms. The van der Waals surface area contributed by atoms with Crippen LogP contribution in [0.25, 0.3) is 5.52 Å². The topological polar surface area (TPSA) is 55.6 Å². The molecule has 0 fully saturated rings. The van der Waals surface area contributed by atoms with E-state index in [1.807, 2.05) is 50.4 Å². The molecule has 1 amide bonds. The SMILES string of the molecule is Cc1cccn2c(CNC(=O)OC(C)(C)C)ncc12. The molecule has 5 nitrogen and oxygen atoms in total. The van der Waals surface area contributed by atoms with Gasteiger partial charge in [-0.3, -0.25) is 0 Å². The lowest BCUT2D eigenvalue weighted by atomic mass is 10.2. The van der Waals surface area contributed by atoms with Gasteiger partial charge in [0.25, 0.3) is 0 Å². The third-order valence-electron chi connectivity index (χ3n) is 2.65. The van der Waals surface area contributed by atoms with Crippen LogP contribution in [0.1, 0.15) is 32.2 Å². The van der Waals surface area contributed by atoms with E-state index >= 15 is 0 Å². The second-order valence-electron chi connectivity index (χ2n) is 5.48. The monoisotopic (exact) mass is 261 g/mol. The Morgan fingerprint density at radius 2 is 2.21 bits per heavy atom. The number of rotatable bonds is 2. The molecule has 0 aromatic carbocycles. The van der Waals surface area contributed by atoms with Crippen molar-refractivity contribution in [2.45, 2.75) is 39.8 Å². The van der Waals surface area contributed by atoms with E-state index in [1.165, 1.54) is 0 Å². The predicted octanol–water partition coefficient (Wildman–Crippen LogP) is 2.67. The Bertz CT molecular complexity index is 596.